The fraction of sp³-hybridized carbons (Fsp3) is 0.250. The molecule has 2 N–H and O–H groups in total. The number of halogens is 3. The molecule has 1 aromatic rings. The maximum absolute atomic E-state index is 12.3. The maximum Gasteiger partial charge on any atom is 0.280 e. The number of rotatable bonds is 3. The average Bonchev–Trinajstić information content (AvgIpc) is 2.16. The maximum atomic E-state index is 12.3. The van der Waals surface area contributed by atoms with E-state index in [0.717, 1.165) is 6.07 Å². The van der Waals surface area contributed by atoms with Crippen molar-refractivity contribution in [2.75, 3.05) is 5.73 Å². The van der Waals surface area contributed by atoms with Crippen molar-refractivity contribution < 1.29 is 13.6 Å². The molecular formula is C8H7BrF2N2O. The molecule has 0 aliphatic rings. The van der Waals surface area contributed by atoms with Gasteiger partial charge >= 0.3 is 0 Å². The van der Waals surface area contributed by atoms with Crippen LogP contribution in [0, 0.1) is 0 Å². The summed E-state index contributed by atoms with van der Waals surface area (Å²) in [5.74, 6) is 0. The number of nitrogens with two attached hydrogens (primary N) is 1. The summed E-state index contributed by atoms with van der Waals surface area (Å²) < 4.78 is 24.6. The van der Waals surface area contributed by atoms with E-state index in [1.54, 1.807) is 0 Å². The first-order valence-corrected chi connectivity index (χ1v) is 4.81. The highest BCUT2D eigenvalue weighted by molar-refractivity contribution is 9.08. The zero-order valence-electron chi connectivity index (χ0n) is 7.01. The molecule has 0 spiro atoms. The third-order valence-corrected chi connectivity index (χ3v) is 2.19. The van der Waals surface area contributed by atoms with Crippen LogP contribution >= 0.6 is 15.9 Å². The van der Waals surface area contributed by atoms with Gasteiger partial charge in [0.1, 0.15) is 5.69 Å². The molecule has 0 saturated heterocycles. The summed E-state index contributed by atoms with van der Waals surface area (Å²) in [6.07, 6.45) is -2.18. The van der Waals surface area contributed by atoms with Gasteiger partial charge in [0.15, 0.2) is 6.29 Å². The molecule has 0 radical (unpaired) electrons. The molecule has 0 aliphatic carbocycles. The van der Waals surface area contributed by atoms with Crippen LogP contribution in [0.3, 0.4) is 0 Å². The molecule has 0 bridgehead atoms. The summed E-state index contributed by atoms with van der Waals surface area (Å²) in [6, 6.07) is 1.01. The van der Waals surface area contributed by atoms with Crippen LogP contribution < -0.4 is 5.73 Å². The van der Waals surface area contributed by atoms with Gasteiger partial charge in [0.05, 0.1) is 11.3 Å². The summed E-state index contributed by atoms with van der Waals surface area (Å²) in [6.45, 7) is 0. The Morgan fingerprint density at radius 3 is 2.71 bits per heavy atom. The number of nitrogen functional groups attached to an aromatic ring is 1. The zero-order chi connectivity index (χ0) is 10.7. The second kappa shape index (κ2) is 4.45. The van der Waals surface area contributed by atoms with Crippen LogP contribution in [0.4, 0.5) is 14.5 Å². The van der Waals surface area contributed by atoms with Gasteiger partial charge in [-0.15, -0.1) is 0 Å². The molecule has 0 fully saturated rings. The van der Waals surface area contributed by atoms with Crippen LogP contribution in [-0.2, 0) is 5.33 Å². The van der Waals surface area contributed by atoms with Crippen molar-refractivity contribution in [3.8, 4) is 0 Å². The van der Waals surface area contributed by atoms with Crippen molar-refractivity contribution >= 4 is 27.9 Å². The summed E-state index contributed by atoms with van der Waals surface area (Å²) in [5, 5.41) is 0.214. The number of carbonyl (C=O) groups is 1. The van der Waals surface area contributed by atoms with Gasteiger partial charge in [0, 0.05) is 11.0 Å². The Labute approximate surface area is 87.4 Å². The van der Waals surface area contributed by atoms with Gasteiger partial charge in [0.2, 0.25) is 0 Å². The quantitative estimate of drug-likeness (QED) is 0.674. The van der Waals surface area contributed by atoms with Gasteiger partial charge in [-0.2, -0.15) is 0 Å². The smallest absolute Gasteiger partial charge is 0.280 e. The van der Waals surface area contributed by atoms with Crippen LogP contribution in [0.25, 0.3) is 0 Å². The molecule has 14 heavy (non-hydrogen) atoms. The van der Waals surface area contributed by atoms with E-state index in [-0.39, 0.29) is 22.3 Å². The lowest BCUT2D eigenvalue weighted by atomic mass is 10.1. The molecule has 6 heteroatoms. The average molecular weight is 265 g/mol. The van der Waals surface area contributed by atoms with Crippen LogP contribution in [-0.4, -0.2) is 11.3 Å². The summed E-state index contributed by atoms with van der Waals surface area (Å²) in [4.78, 5) is 14.2. The van der Waals surface area contributed by atoms with Crippen molar-refractivity contribution in [1.82, 2.24) is 4.98 Å². The topological polar surface area (TPSA) is 56.0 Å². The molecule has 0 unspecified atom stereocenters. The lowest BCUT2D eigenvalue weighted by molar-refractivity contribution is 0.112. The monoisotopic (exact) mass is 264 g/mol. The first-order valence-electron chi connectivity index (χ1n) is 3.68. The Morgan fingerprint density at radius 2 is 2.29 bits per heavy atom. The van der Waals surface area contributed by atoms with Crippen molar-refractivity contribution in [3.63, 3.8) is 0 Å². The van der Waals surface area contributed by atoms with E-state index >= 15 is 0 Å². The van der Waals surface area contributed by atoms with Gasteiger partial charge < -0.3 is 5.73 Å². The molecule has 3 nitrogen and oxygen atoms in total. The van der Waals surface area contributed by atoms with Gasteiger partial charge in [-0.3, -0.25) is 9.78 Å². The Balaban J connectivity index is 3.31. The van der Waals surface area contributed by atoms with Gasteiger partial charge in [-0.1, -0.05) is 15.9 Å². The first-order chi connectivity index (χ1) is 6.60. The molecule has 1 aromatic heterocycles. The Hall–Kier alpha value is -1.04. The SMILES string of the molecule is Nc1cc(C(F)F)nc(CBr)c1C=O. The Kier molecular flexibility index (Phi) is 3.51. The van der Waals surface area contributed by atoms with E-state index in [9.17, 15) is 13.6 Å². The number of hydrogen-bond acceptors (Lipinski definition) is 3. The van der Waals surface area contributed by atoms with E-state index in [2.05, 4.69) is 20.9 Å². The predicted octanol–water partition coefficient (Wildman–Crippen LogP) is 2.31. The highest BCUT2D eigenvalue weighted by Crippen LogP contribution is 2.23. The molecule has 76 valence electrons. The van der Waals surface area contributed by atoms with Crippen molar-refractivity contribution in [3.05, 3.63) is 23.0 Å². The Morgan fingerprint density at radius 1 is 1.64 bits per heavy atom. The van der Waals surface area contributed by atoms with Crippen LogP contribution in [0.1, 0.15) is 28.2 Å². The third-order valence-electron chi connectivity index (χ3n) is 1.66. The molecule has 0 saturated carbocycles. The van der Waals surface area contributed by atoms with E-state index in [4.69, 9.17) is 5.73 Å². The van der Waals surface area contributed by atoms with Gasteiger partial charge in [-0.05, 0) is 6.07 Å². The van der Waals surface area contributed by atoms with E-state index in [1.165, 1.54) is 0 Å². The minimum absolute atomic E-state index is 0.0275. The first kappa shape index (κ1) is 11.0. The van der Waals surface area contributed by atoms with E-state index < -0.39 is 12.1 Å². The minimum Gasteiger partial charge on any atom is -0.398 e. The predicted molar refractivity (Wildman–Crippen MR) is 51.6 cm³/mol. The van der Waals surface area contributed by atoms with Crippen molar-refractivity contribution in [2.24, 2.45) is 0 Å². The summed E-state index contributed by atoms with van der Waals surface area (Å²) >= 11 is 3.04. The van der Waals surface area contributed by atoms with Crippen LogP contribution in [0.5, 0.6) is 0 Å². The number of hydrogen-bond donors (Lipinski definition) is 1. The largest absolute Gasteiger partial charge is 0.398 e. The number of pyridine rings is 1. The zero-order valence-corrected chi connectivity index (χ0v) is 8.59. The standard InChI is InChI=1S/C8H7BrF2N2O/c9-2-7-4(3-14)5(12)1-6(13-7)8(10)11/h1,3,8H,2H2,(H2,12,13). The lowest BCUT2D eigenvalue weighted by Crippen LogP contribution is -2.04. The normalized spacial score (nSPS) is 10.6. The highest BCUT2D eigenvalue weighted by atomic mass is 79.9. The third kappa shape index (κ3) is 2.06. The number of anilines is 1. The number of carbonyl (C=O) groups excluding carboxylic acids is 1. The second-order valence-electron chi connectivity index (χ2n) is 2.55. The highest BCUT2D eigenvalue weighted by Gasteiger charge is 2.14. The van der Waals surface area contributed by atoms with Crippen LogP contribution in [0.2, 0.25) is 0 Å². The van der Waals surface area contributed by atoms with Crippen LogP contribution in [0.15, 0.2) is 6.07 Å². The molecule has 0 atom stereocenters. The second-order valence-corrected chi connectivity index (χ2v) is 3.11. The van der Waals surface area contributed by atoms with Gasteiger partial charge in [-0.25, -0.2) is 8.78 Å². The fourth-order valence-corrected chi connectivity index (χ4v) is 1.43. The molecule has 0 aromatic carbocycles. The lowest BCUT2D eigenvalue weighted by Gasteiger charge is -2.07. The van der Waals surface area contributed by atoms with Crippen molar-refractivity contribution in [2.45, 2.75) is 11.8 Å². The van der Waals surface area contributed by atoms with Crippen molar-refractivity contribution in [1.29, 1.82) is 0 Å². The Bertz CT molecular complexity index is 357. The fourth-order valence-electron chi connectivity index (χ4n) is 1.00. The number of nitrogens with zero attached hydrogens (tertiary/aromatic N) is 1. The molecule has 0 amide bonds. The van der Waals surface area contributed by atoms with Gasteiger partial charge in [0.25, 0.3) is 6.43 Å². The minimum atomic E-state index is -2.68. The number of alkyl halides is 3. The molecule has 1 heterocycles. The summed E-state index contributed by atoms with van der Waals surface area (Å²) in [7, 11) is 0. The van der Waals surface area contributed by atoms with E-state index in [0.29, 0.717) is 6.29 Å². The molecule has 1 rings (SSSR count). The summed E-state index contributed by atoms with van der Waals surface area (Å²) in [5.41, 5.74) is 5.42. The number of aromatic nitrogens is 1. The van der Waals surface area contributed by atoms with E-state index in [1.807, 2.05) is 0 Å². The number of aldehydes is 1. The molecule has 0 aliphatic heterocycles. The molecular weight excluding hydrogens is 258 g/mol.